The van der Waals surface area contributed by atoms with Crippen LogP contribution in [0.4, 0.5) is 0 Å². The van der Waals surface area contributed by atoms with Crippen LogP contribution in [0.25, 0.3) is 27.7 Å². The number of hydrogen-bond donors (Lipinski definition) is 0. The summed E-state index contributed by atoms with van der Waals surface area (Å²) in [6.07, 6.45) is -0.189. The Morgan fingerprint density at radius 1 is 0.833 bits per heavy atom. The Bertz CT molecular complexity index is 1720. The minimum absolute atomic E-state index is 0.183. The Morgan fingerprint density at radius 2 is 1.48 bits per heavy atom. The molecule has 3 heterocycles. The molecule has 0 saturated heterocycles. The quantitative estimate of drug-likeness (QED) is 0.133. The van der Waals surface area contributed by atoms with Gasteiger partial charge < -0.3 is 23.0 Å². The molecule has 218 valence electrons. The number of aromatic nitrogens is 1. The molecular weight excluding hydrogens is 546 g/mol. The lowest BCUT2D eigenvalue weighted by atomic mass is 9.84. The van der Waals surface area contributed by atoms with Crippen LogP contribution in [0.1, 0.15) is 58.7 Å². The predicted octanol–water partition coefficient (Wildman–Crippen LogP) is 7.44. The van der Waals surface area contributed by atoms with Crippen molar-refractivity contribution in [1.29, 1.82) is 0 Å². The zero-order chi connectivity index (χ0) is 30.2. The average Bonchev–Trinajstić information content (AvgIpc) is 3.53. The van der Waals surface area contributed by atoms with Crippen molar-refractivity contribution in [2.24, 2.45) is 5.41 Å². The number of rotatable bonds is 9. The van der Waals surface area contributed by atoms with E-state index in [1.807, 2.05) is 71.1 Å². The summed E-state index contributed by atoms with van der Waals surface area (Å²) in [5.41, 5.74) is 5.98. The molecule has 1 atom stereocenters. The van der Waals surface area contributed by atoms with Crippen LogP contribution in [0.2, 0.25) is 13.1 Å². The zero-order valence-electron chi connectivity index (χ0n) is 25.2. The van der Waals surface area contributed by atoms with Crippen LogP contribution in [0.15, 0.2) is 72.8 Å². The van der Waals surface area contributed by atoms with Gasteiger partial charge in [0.2, 0.25) is 0 Å². The van der Waals surface area contributed by atoms with E-state index in [4.69, 9.17) is 18.6 Å². The highest BCUT2D eigenvalue weighted by atomic mass is 28.3. The number of esters is 2. The predicted molar refractivity (Wildman–Crippen MR) is 167 cm³/mol. The van der Waals surface area contributed by atoms with Crippen LogP contribution in [0.3, 0.4) is 0 Å². The molecule has 0 aliphatic rings. The van der Waals surface area contributed by atoms with E-state index < -0.39 is 21.0 Å². The van der Waals surface area contributed by atoms with Gasteiger partial charge in [-0.25, -0.2) is 9.59 Å². The van der Waals surface area contributed by atoms with Gasteiger partial charge >= 0.3 is 11.9 Å². The summed E-state index contributed by atoms with van der Waals surface area (Å²) in [5.74, 6) is -0.469. The number of methoxy groups -OCH3 is 2. The van der Waals surface area contributed by atoms with Gasteiger partial charge in [0.15, 0.2) is 9.04 Å². The molecule has 5 aromatic rings. The summed E-state index contributed by atoms with van der Waals surface area (Å²) in [4.78, 5) is 26.4. The van der Waals surface area contributed by atoms with Crippen molar-refractivity contribution >= 4 is 37.5 Å². The second kappa shape index (κ2) is 11.6. The number of carbonyl (C=O) groups excluding carboxylic acids is 2. The molecule has 0 amide bonds. The van der Waals surface area contributed by atoms with Gasteiger partial charge in [0, 0.05) is 11.1 Å². The molecule has 1 unspecified atom stereocenters. The van der Waals surface area contributed by atoms with Gasteiger partial charge in [-0.05, 0) is 53.9 Å². The summed E-state index contributed by atoms with van der Waals surface area (Å²) < 4.78 is 24.9. The van der Waals surface area contributed by atoms with Crippen LogP contribution in [0.5, 0.6) is 5.75 Å². The molecule has 5 rings (SSSR count). The Morgan fingerprint density at radius 3 is 2.07 bits per heavy atom. The Kier molecular flexibility index (Phi) is 8.12. The van der Waals surface area contributed by atoms with E-state index >= 15 is 0 Å². The van der Waals surface area contributed by atoms with Gasteiger partial charge in [0.05, 0.1) is 36.9 Å². The van der Waals surface area contributed by atoms with Crippen molar-refractivity contribution < 1.29 is 28.2 Å². The van der Waals surface area contributed by atoms with Gasteiger partial charge in [-0.3, -0.25) is 0 Å². The first kappa shape index (κ1) is 29.4. The van der Waals surface area contributed by atoms with Crippen LogP contribution in [-0.4, -0.2) is 39.6 Å². The fourth-order valence-electron chi connectivity index (χ4n) is 5.53. The highest BCUT2D eigenvalue weighted by Crippen LogP contribution is 2.44. The number of nitrogens with zero attached hydrogens (tertiary/aromatic N) is 1. The molecule has 8 heteroatoms. The van der Waals surface area contributed by atoms with Crippen LogP contribution in [-0.2, 0) is 20.5 Å². The van der Waals surface area contributed by atoms with Crippen LogP contribution < -0.4 is 4.74 Å². The Balaban J connectivity index is 1.72. The molecule has 0 fully saturated rings. The SMILES string of the molecule is COC(=O)c1c(C(=O)OC)c2c(-c3ccc(OCc4ccccc4)cc3)cc3c(C(O[SiH](C)C)C(C)(C)C)ccc1n32. The summed E-state index contributed by atoms with van der Waals surface area (Å²) in [5, 5.41) is 0. The Labute approximate surface area is 248 Å². The molecule has 0 bridgehead atoms. The van der Waals surface area contributed by atoms with Crippen molar-refractivity contribution in [3.8, 4) is 16.9 Å². The van der Waals surface area contributed by atoms with Crippen molar-refractivity contribution in [3.63, 3.8) is 0 Å². The number of ether oxygens (including phenoxy) is 3. The first-order chi connectivity index (χ1) is 20.0. The van der Waals surface area contributed by atoms with E-state index in [0.29, 0.717) is 17.6 Å². The van der Waals surface area contributed by atoms with E-state index in [2.05, 4.69) is 39.9 Å². The zero-order valence-corrected chi connectivity index (χ0v) is 26.3. The second-order valence-corrected chi connectivity index (χ2v) is 14.1. The lowest BCUT2D eigenvalue weighted by Crippen LogP contribution is -2.26. The monoisotopic (exact) mass is 583 g/mol. The van der Waals surface area contributed by atoms with Crippen molar-refractivity contribution in [3.05, 3.63) is 95.1 Å². The largest absolute Gasteiger partial charge is 0.489 e. The second-order valence-electron chi connectivity index (χ2n) is 11.8. The number of benzene rings is 2. The standard InChI is InChI=1S/C34H37NO6Si/c1-34(2,3)31(41-42(6)7)24-17-18-26-28(32(36)38-4)29(33(37)39-5)30-25(19-27(24)35(26)30)22-13-15-23(16-14-22)40-20-21-11-9-8-10-12-21/h8-19,31,42H,20H2,1-7H3. The normalized spacial score (nSPS) is 12.7. The number of carbonyl (C=O) groups is 2. The molecule has 0 N–H and O–H groups in total. The van der Waals surface area contributed by atoms with Crippen molar-refractivity contribution in [1.82, 2.24) is 4.40 Å². The smallest absolute Gasteiger partial charge is 0.340 e. The molecule has 42 heavy (non-hydrogen) atoms. The number of pyridine rings is 1. The molecule has 0 radical (unpaired) electrons. The highest BCUT2D eigenvalue weighted by Gasteiger charge is 2.35. The van der Waals surface area contributed by atoms with Gasteiger partial charge in [-0.1, -0.05) is 69.3 Å². The third-order valence-electron chi connectivity index (χ3n) is 7.37. The molecule has 0 spiro atoms. The van der Waals surface area contributed by atoms with Gasteiger partial charge in [-0.2, -0.15) is 0 Å². The summed E-state index contributed by atoms with van der Waals surface area (Å²) in [6.45, 7) is 11.3. The van der Waals surface area contributed by atoms with E-state index in [0.717, 1.165) is 33.5 Å². The van der Waals surface area contributed by atoms with Crippen molar-refractivity contribution in [2.45, 2.75) is 46.6 Å². The molecule has 7 nitrogen and oxygen atoms in total. The topological polar surface area (TPSA) is 75.5 Å². The summed E-state index contributed by atoms with van der Waals surface area (Å²) in [7, 11) is 1.21. The molecule has 0 saturated carbocycles. The molecule has 2 aromatic carbocycles. The highest BCUT2D eigenvalue weighted by molar-refractivity contribution is 6.48. The maximum atomic E-state index is 13.3. The lowest BCUT2D eigenvalue weighted by Gasteiger charge is -2.33. The first-order valence-electron chi connectivity index (χ1n) is 14.1. The maximum absolute atomic E-state index is 13.3. The fraction of sp³-hybridized carbons (Fsp3) is 0.294. The van der Waals surface area contributed by atoms with E-state index in [1.54, 1.807) is 0 Å². The van der Waals surface area contributed by atoms with Gasteiger partial charge in [0.25, 0.3) is 0 Å². The number of hydrogen-bond acceptors (Lipinski definition) is 6. The van der Waals surface area contributed by atoms with Gasteiger partial charge in [-0.15, -0.1) is 0 Å². The molecular formula is C34H37NO6Si. The molecule has 0 aliphatic heterocycles. The minimum atomic E-state index is -1.43. The van der Waals surface area contributed by atoms with Crippen molar-refractivity contribution in [2.75, 3.05) is 14.2 Å². The third-order valence-corrected chi connectivity index (χ3v) is 8.19. The van der Waals surface area contributed by atoms with Gasteiger partial charge in [0.1, 0.15) is 23.5 Å². The van der Waals surface area contributed by atoms with E-state index in [9.17, 15) is 9.59 Å². The average molecular weight is 584 g/mol. The summed E-state index contributed by atoms with van der Waals surface area (Å²) in [6, 6.07) is 23.7. The minimum Gasteiger partial charge on any atom is -0.489 e. The van der Waals surface area contributed by atoms with E-state index in [1.165, 1.54) is 14.2 Å². The first-order valence-corrected chi connectivity index (χ1v) is 16.9. The fourth-order valence-corrected chi connectivity index (χ4v) is 6.63. The van der Waals surface area contributed by atoms with E-state index in [-0.39, 0.29) is 22.6 Å². The molecule has 0 aliphatic carbocycles. The Hall–Kier alpha value is -4.14. The lowest BCUT2D eigenvalue weighted by molar-refractivity contribution is 0.0559. The molecule has 3 aromatic heterocycles. The summed E-state index contributed by atoms with van der Waals surface area (Å²) >= 11 is 0. The van der Waals surface area contributed by atoms with Crippen LogP contribution in [0, 0.1) is 5.41 Å². The van der Waals surface area contributed by atoms with Crippen LogP contribution >= 0.6 is 0 Å². The third kappa shape index (κ3) is 5.40. The maximum Gasteiger partial charge on any atom is 0.340 e.